The molecule has 0 aromatic heterocycles. The minimum absolute atomic E-state index is 0.543. The highest BCUT2D eigenvalue weighted by atomic mass is 79.9. The van der Waals surface area contributed by atoms with E-state index >= 15 is 0 Å². The predicted octanol–water partition coefficient (Wildman–Crippen LogP) is 3.38. The minimum Gasteiger partial charge on any atom is -0.493 e. The van der Waals surface area contributed by atoms with Crippen LogP contribution in [0, 0.1) is 0 Å². The summed E-state index contributed by atoms with van der Waals surface area (Å²) in [6, 6.07) is 7.16. The van der Waals surface area contributed by atoms with Crippen molar-refractivity contribution < 1.29 is 9.53 Å². The fourth-order valence-corrected chi connectivity index (χ4v) is 1.54. The highest BCUT2D eigenvalue weighted by Gasteiger charge is 2.05. The Morgan fingerprint density at radius 3 is 2.86 bits per heavy atom. The van der Waals surface area contributed by atoms with Crippen LogP contribution in [0.15, 0.2) is 38.3 Å². The number of hydrazone groups is 1. The van der Waals surface area contributed by atoms with Crippen molar-refractivity contribution in [1.82, 2.24) is 0 Å². The molecule has 0 fully saturated rings. The number of nitrogens with two attached hydrogens (primary N) is 1. The molecule has 0 aliphatic rings. The molecule has 0 spiro atoms. The second-order valence-electron chi connectivity index (χ2n) is 4.06. The molecule has 0 heterocycles. The summed E-state index contributed by atoms with van der Waals surface area (Å²) in [6.07, 6.45) is 2.96. The number of halogens is 2. The fourth-order valence-electron chi connectivity index (χ4n) is 1.35. The van der Waals surface area contributed by atoms with Gasteiger partial charge in [-0.25, -0.2) is 5.01 Å². The highest BCUT2D eigenvalue weighted by Crippen LogP contribution is 2.21. The van der Waals surface area contributed by atoms with Gasteiger partial charge in [-0.3, -0.25) is 4.79 Å². The average Bonchev–Trinajstić information content (AvgIpc) is 2.48. The van der Waals surface area contributed by atoms with E-state index in [1.807, 2.05) is 13.0 Å². The molecule has 0 aliphatic heterocycles. The molecule has 0 saturated heterocycles. The number of rotatable bonds is 8. The van der Waals surface area contributed by atoms with Crippen molar-refractivity contribution in [3.8, 4) is 5.75 Å². The van der Waals surface area contributed by atoms with Crippen molar-refractivity contribution in [2.45, 2.75) is 13.3 Å². The van der Waals surface area contributed by atoms with Gasteiger partial charge in [0.25, 0.3) is 0 Å². The largest absolute Gasteiger partial charge is 0.493 e. The van der Waals surface area contributed by atoms with Gasteiger partial charge in [0, 0.05) is 15.0 Å². The number of anilines is 1. The van der Waals surface area contributed by atoms with E-state index in [1.54, 1.807) is 24.4 Å². The van der Waals surface area contributed by atoms with E-state index in [1.165, 1.54) is 5.01 Å². The Morgan fingerprint density at radius 1 is 1.48 bits per heavy atom. The first-order valence-corrected chi connectivity index (χ1v) is 7.90. The molecule has 1 aromatic rings. The molecule has 21 heavy (non-hydrogen) atoms. The van der Waals surface area contributed by atoms with Crippen molar-refractivity contribution in [3.63, 3.8) is 0 Å². The van der Waals surface area contributed by atoms with Crippen molar-refractivity contribution in [2.75, 3.05) is 18.2 Å². The second kappa shape index (κ2) is 9.70. The highest BCUT2D eigenvalue weighted by molar-refractivity contribution is 9.14. The molecule has 1 aromatic carbocycles. The summed E-state index contributed by atoms with van der Waals surface area (Å²) >= 11 is 6.65. The Labute approximate surface area is 141 Å². The maximum absolute atomic E-state index is 11.2. The molecule has 0 unspecified atom stereocenters. The van der Waals surface area contributed by atoms with Gasteiger partial charge in [0.2, 0.25) is 6.41 Å². The number of benzene rings is 1. The van der Waals surface area contributed by atoms with E-state index in [9.17, 15) is 4.79 Å². The monoisotopic (exact) mass is 417 g/mol. The van der Waals surface area contributed by atoms with Crippen molar-refractivity contribution >= 4 is 50.2 Å². The molecule has 1 amide bonds. The molecule has 2 N–H and O–H groups in total. The van der Waals surface area contributed by atoms with Crippen LogP contribution in [-0.4, -0.2) is 25.8 Å². The van der Waals surface area contributed by atoms with Gasteiger partial charge in [-0.2, -0.15) is 5.10 Å². The summed E-state index contributed by atoms with van der Waals surface area (Å²) in [5.41, 5.74) is 6.04. The van der Waals surface area contributed by atoms with Gasteiger partial charge in [-0.1, -0.05) is 22.0 Å². The van der Waals surface area contributed by atoms with Crippen LogP contribution in [0.3, 0.4) is 0 Å². The lowest BCUT2D eigenvalue weighted by molar-refractivity contribution is -0.107. The van der Waals surface area contributed by atoms with Gasteiger partial charge in [0.05, 0.1) is 18.5 Å². The molecule has 1 rings (SSSR count). The first kappa shape index (κ1) is 17.9. The van der Waals surface area contributed by atoms with Crippen LogP contribution in [0.25, 0.3) is 0 Å². The molecule has 0 atom stereocenters. The number of ether oxygens (including phenoxy) is 1. The topological polar surface area (TPSA) is 67.9 Å². The van der Waals surface area contributed by atoms with E-state index in [4.69, 9.17) is 10.5 Å². The molecule has 7 heteroatoms. The Bertz CT molecular complexity index is 529. The molecule has 114 valence electrons. The van der Waals surface area contributed by atoms with Crippen molar-refractivity contribution in [3.05, 3.63) is 33.2 Å². The number of carbonyl (C=O) groups is 1. The zero-order chi connectivity index (χ0) is 15.7. The maximum atomic E-state index is 11.2. The molecular formula is C14H17Br2N3O2. The van der Waals surface area contributed by atoms with Gasteiger partial charge in [0.1, 0.15) is 5.75 Å². The maximum Gasteiger partial charge on any atom is 0.234 e. The van der Waals surface area contributed by atoms with E-state index in [-0.39, 0.29) is 0 Å². The molecule has 0 aliphatic carbocycles. The third-order valence-corrected chi connectivity index (χ3v) is 4.18. The van der Waals surface area contributed by atoms with Crippen LogP contribution in [0.2, 0.25) is 0 Å². The fraction of sp³-hybridized carbons (Fsp3) is 0.286. The standard InChI is InChI=1S/C14H17Br2N3O2/c1-11(15)14(16)9-18-19(10-20)12-4-2-5-13(8-12)21-7-3-6-17/h2,4-5,8-10H,3,6-7,17H2,1H3/b14-11-,18-9-. The molecule has 0 saturated carbocycles. The predicted molar refractivity (Wildman–Crippen MR) is 93.2 cm³/mol. The lowest BCUT2D eigenvalue weighted by atomic mass is 10.3. The normalized spacial score (nSPS) is 12.2. The summed E-state index contributed by atoms with van der Waals surface area (Å²) in [5, 5.41) is 5.33. The minimum atomic E-state index is 0.543. The van der Waals surface area contributed by atoms with Crippen LogP contribution in [-0.2, 0) is 4.79 Å². The molecule has 5 nitrogen and oxygen atoms in total. The van der Waals surface area contributed by atoms with Crippen LogP contribution in [0.5, 0.6) is 5.75 Å². The Balaban J connectivity index is 2.83. The summed E-state index contributed by atoms with van der Waals surface area (Å²) in [4.78, 5) is 11.2. The summed E-state index contributed by atoms with van der Waals surface area (Å²) in [6.45, 7) is 2.99. The molecular weight excluding hydrogens is 402 g/mol. The van der Waals surface area contributed by atoms with Crippen LogP contribution in [0.1, 0.15) is 13.3 Å². The van der Waals surface area contributed by atoms with Gasteiger partial charge in [-0.05, 0) is 48.0 Å². The van der Waals surface area contributed by atoms with Crippen LogP contribution >= 0.6 is 31.9 Å². The SMILES string of the molecule is C/C(Br)=C(Br)\C=N/N(C=O)c1cccc(OCCCN)c1. The van der Waals surface area contributed by atoms with Crippen molar-refractivity contribution in [2.24, 2.45) is 10.8 Å². The third kappa shape index (κ3) is 6.41. The van der Waals surface area contributed by atoms with Gasteiger partial charge in [0.15, 0.2) is 0 Å². The number of nitrogens with zero attached hydrogens (tertiary/aromatic N) is 2. The zero-order valence-electron chi connectivity index (χ0n) is 11.6. The van der Waals surface area contributed by atoms with Gasteiger partial charge < -0.3 is 10.5 Å². The summed E-state index contributed by atoms with van der Waals surface area (Å²) in [7, 11) is 0. The first-order chi connectivity index (χ1) is 10.1. The first-order valence-electron chi connectivity index (χ1n) is 6.31. The smallest absolute Gasteiger partial charge is 0.234 e. The summed E-state index contributed by atoms with van der Waals surface area (Å²) in [5.74, 6) is 0.675. The van der Waals surface area contributed by atoms with Gasteiger partial charge in [-0.15, -0.1) is 0 Å². The van der Waals surface area contributed by atoms with Crippen LogP contribution < -0.4 is 15.5 Å². The second-order valence-corrected chi connectivity index (χ2v) is 6.11. The molecule has 0 radical (unpaired) electrons. The van der Waals surface area contributed by atoms with E-state index in [0.29, 0.717) is 31.0 Å². The number of amides is 1. The number of carbonyl (C=O) groups excluding carboxylic acids is 1. The Hall–Kier alpha value is -1.18. The van der Waals surface area contributed by atoms with Gasteiger partial charge >= 0.3 is 0 Å². The third-order valence-electron chi connectivity index (χ3n) is 2.42. The Morgan fingerprint density at radius 2 is 2.24 bits per heavy atom. The lowest BCUT2D eigenvalue weighted by Crippen LogP contribution is -2.13. The number of allylic oxidation sites excluding steroid dienone is 2. The van der Waals surface area contributed by atoms with E-state index < -0.39 is 0 Å². The number of hydrogen-bond acceptors (Lipinski definition) is 4. The average molecular weight is 419 g/mol. The lowest BCUT2D eigenvalue weighted by Gasteiger charge is -2.13. The van der Waals surface area contributed by atoms with E-state index in [2.05, 4.69) is 37.0 Å². The summed E-state index contributed by atoms with van der Waals surface area (Å²) < 4.78 is 7.18. The zero-order valence-corrected chi connectivity index (χ0v) is 14.8. The number of hydrogen-bond donors (Lipinski definition) is 1. The molecule has 0 bridgehead atoms. The quantitative estimate of drug-likeness (QED) is 0.304. The van der Waals surface area contributed by atoms with E-state index in [0.717, 1.165) is 15.4 Å². The van der Waals surface area contributed by atoms with Crippen molar-refractivity contribution in [1.29, 1.82) is 0 Å². The van der Waals surface area contributed by atoms with Crippen LogP contribution in [0.4, 0.5) is 5.69 Å². The Kier molecular flexibility index (Phi) is 8.26.